The molecular formula is C21H27F2N5. The van der Waals surface area contributed by atoms with Crippen molar-refractivity contribution < 1.29 is 8.78 Å². The lowest BCUT2D eigenvalue weighted by Gasteiger charge is -2.35. The van der Waals surface area contributed by atoms with Gasteiger partial charge in [0.15, 0.2) is 11.6 Å². The summed E-state index contributed by atoms with van der Waals surface area (Å²) in [5, 5.41) is 0. The molecule has 0 unspecified atom stereocenters. The number of aromatic nitrogens is 2. The molecule has 0 amide bonds. The second kappa shape index (κ2) is 8.49. The van der Waals surface area contributed by atoms with Gasteiger partial charge in [0, 0.05) is 69.6 Å². The molecule has 0 N–H and O–H groups in total. The number of halogens is 2. The zero-order valence-corrected chi connectivity index (χ0v) is 16.4. The zero-order chi connectivity index (χ0) is 19.5. The average molecular weight is 387 g/mol. The van der Waals surface area contributed by atoms with Crippen LogP contribution in [0.25, 0.3) is 0 Å². The molecule has 0 spiro atoms. The molecule has 7 heteroatoms. The Morgan fingerprint density at radius 2 is 1.86 bits per heavy atom. The second-order valence-corrected chi connectivity index (χ2v) is 7.64. The van der Waals surface area contributed by atoms with Crippen molar-refractivity contribution in [2.24, 2.45) is 0 Å². The van der Waals surface area contributed by atoms with E-state index in [1.54, 1.807) is 12.1 Å². The summed E-state index contributed by atoms with van der Waals surface area (Å²) in [5.74, 6) is -0.719. The Bertz CT molecular complexity index is 820. The third-order valence-electron chi connectivity index (χ3n) is 5.62. The maximum Gasteiger partial charge on any atom is 0.225 e. The molecule has 0 atom stereocenters. The van der Waals surface area contributed by atoms with Crippen molar-refractivity contribution in [1.82, 2.24) is 19.8 Å². The minimum atomic E-state index is -0.790. The van der Waals surface area contributed by atoms with E-state index in [-0.39, 0.29) is 0 Å². The molecule has 2 aliphatic rings. The Balaban J connectivity index is 1.40. The first-order chi connectivity index (χ1) is 13.6. The second-order valence-electron chi connectivity index (χ2n) is 7.64. The molecule has 28 heavy (non-hydrogen) atoms. The molecule has 1 aromatic carbocycles. The van der Waals surface area contributed by atoms with E-state index in [0.29, 0.717) is 18.7 Å². The third-order valence-corrected chi connectivity index (χ3v) is 5.62. The van der Waals surface area contributed by atoms with Crippen LogP contribution in [0.5, 0.6) is 0 Å². The maximum atomic E-state index is 14.0. The molecule has 3 heterocycles. The van der Waals surface area contributed by atoms with Gasteiger partial charge in [-0.25, -0.2) is 18.7 Å². The number of piperazine rings is 1. The fourth-order valence-corrected chi connectivity index (χ4v) is 4.05. The third kappa shape index (κ3) is 4.15. The molecule has 0 bridgehead atoms. The first-order valence-corrected chi connectivity index (χ1v) is 10.1. The highest BCUT2D eigenvalue weighted by Gasteiger charge is 2.23. The molecule has 2 aromatic rings. The van der Waals surface area contributed by atoms with Crippen LogP contribution in [0.3, 0.4) is 0 Å². The summed E-state index contributed by atoms with van der Waals surface area (Å²) in [6.45, 7) is 9.24. The van der Waals surface area contributed by atoms with Gasteiger partial charge in [0.25, 0.3) is 0 Å². The normalized spacial score (nSPS) is 18.3. The summed E-state index contributed by atoms with van der Waals surface area (Å²) in [6.07, 6.45) is 3.90. The molecule has 4 rings (SSSR count). The lowest BCUT2D eigenvalue weighted by Crippen LogP contribution is -2.47. The lowest BCUT2D eigenvalue weighted by molar-refractivity contribution is 0.238. The van der Waals surface area contributed by atoms with Gasteiger partial charge in [-0.05, 0) is 19.0 Å². The topological polar surface area (TPSA) is 35.5 Å². The van der Waals surface area contributed by atoms with E-state index in [0.717, 1.165) is 69.0 Å². The summed E-state index contributed by atoms with van der Waals surface area (Å²) in [5.41, 5.74) is 2.55. The first-order valence-electron chi connectivity index (χ1n) is 10.1. The highest BCUT2D eigenvalue weighted by molar-refractivity contribution is 5.35. The molecule has 0 aliphatic carbocycles. The van der Waals surface area contributed by atoms with Crippen LogP contribution >= 0.6 is 0 Å². The SMILES string of the molecule is CCCN1CCN(c2ncc3c(n2)CCN(Cc2cccc(F)c2F)C3)CC1. The highest BCUT2D eigenvalue weighted by Crippen LogP contribution is 2.22. The molecule has 5 nitrogen and oxygen atoms in total. The molecule has 2 aliphatic heterocycles. The van der Waals surface area contributed by atoms with Gasteiger partial charge in [-0.1, -0.05) is 19.1 Å². The molecule has 0 radical (unpaired) electrons. The number of rotatable bonds is 5. The predicted molar refractivity (Wildman–Crippen MR) is 105 cm³/mol. The Labute approximate surface area is 165 Å². The molecule has 150 valence electrons. The molecule has 0 saturated carbocycles. The minimum Gasteiger partial charge on any atom is -0.338 e. The maximum absolute atomic E-state index is 14.0. The minimum absolute atomic E-state index is 0.393. The van der Waals surface area contributed by atoms with Gasteiger partial charge in [-0.2, -0.15) is 0 Å². The van der Waals surface area contributed by atoms with Crippen LogP contribution in [0.1, 0.15) is 30.2 Å². The van der Waals surface area contributed by atoms with Gasteiger partial charge in [0.2, 0.25) is 5.95 Å². The van der Waals surface area contributed by atoms with Crippen molar-refractivity contribution in [2.45, 2.75) is 32.9 Å². The van der Waals surface area contributed by atoms with Crippen LogP contribution in [0.15, 0.2) is 24.4 Å². The van der Waals surface area contributed by atoms with Crippen LogP contribution in [-0.4, -0.2) is 59.0 Å². The number of nitrogens with zero attached hydrogens (tertiary/aromatic N) is 5. The summed E-state index contributed by atoms with van der Waals surface area (Å²) < 4.78 is 27.4. The Hall–Kier alpha value is -2.12. The van der Waals surface area contributed by atoms with Gasteiger partial charge in [-0.3, -0.25) is 9.80 Å². The first kappa shape index (κ1) is 19.2. The summed E-state index contributed by atoms with van der Waals surface area (Å²) >= 11 is 0. The fourth-order valence-electron chi connectivity index (χ4n) is 4.05. The fraction of sp³-hybridized carbons (Fsp3) is 0.524. The van der Waals surface area contributed by atoms with Gasteiger partial charge >= 0.3 is 0 Å². The Morgan fingerprint density at radius 1 is 1.04 bits per heavy atom. The van der Waals surface area contributed by atoms with Gasteiger partial charge < -0.3 is 4.90 Å². The van der Waals surface area contributed by atoms with Crippen molar-refractivity contribution in [2.75, 3.05) is 44.2 Å². The predicted octanol–water partition coefficient (Wildman–Crippen LogP) is 2.85. The van der Waals surface area contributed by atoms with E-state index in [1.807, 2.05) is 6.20 Å². The number of hydrogen-bond acceptors (Lipinski definition) is 5. The van der Waals surface area contributed by atoms with Crippen molar-refractivity contribution in [1.29, 1.82) is 0 Å². The Morgan fingerprint density at radius 3 is 2.64 bits per heavy atom. The van der Waals surface area contributed by atoms with E-state index in [1.165, 1.54) is 6.42 Å². The monoisotopic (exact) mass is 387 g/mol. The van der Waals surface area contributed by atoms with Crippen LogP contribution in [0.4, 0.5) is 14.7 Å². The lowest BCUT2D eigenvalue weighted by atomic mass is 10.1. The van der Waals surface area contributed by atoms with E-state index >= 15 is 0 Å². The van der Waals surface area contributed by atoms with Crippen LogP contribution in [0, 0.1) is 11.6 Å². The largest absolute Gasteiger partial charge is 0.338 e. The Kier molecular flexibility index (Phi) is 5.82. The molecule has 1 aromatic heterocycles. The number of fused-ring (bicyclic) bond motifs is 1. The van der Waals surface area contributed by atoms with Crippen molar-refractivity contribution in [3.63, 3.8) is 0 Å². The van der Waals surface area contributed by atoms with Crippen molar-refractivity contribution in [3.8, 4) is 0 Å². The average Bonchev–Trinajstić information content (AvgIpc) is 2.72. The molecule has 1 fully saturated rings. The van der Waals surface area contributed by atoms with E-state index in [9.17, 15) is 8.78 Å². The van der Waals surface area contributed by atoms with E-state index in [2.05, 4.69) is 26.6 Å². The molecule has 1 saturated heterocycles. The summed E-state index contributed by atoms with van der Waals surface area (Å²) in [4.78, 5) is 16.3. The summed E-state index contributed by atoms with van der Waals surface area (Å²) in [6, 6.07) is 4.36. The highest BCUT2D eigenvalue weighted by atomic mass is 19.2. The smallest absolute Gasteiger partial charge is 0.225 e. The quantitative estimate of drug-likeness (QED) is 0.788. The van der Waals surface area contributed by atoms with Crippen molar-refractivity contribution >= 4 is 5.95 Å². The van der Waals surface area contributed by atoms with Crippen LogP contribution in [-0.2, 0) is 19.5 Å². The van der Waals surface area contributed by atoms with Crippen LogP contribution < -0.4 is 4.90 Å². The number of benzene rings is 1. The van der Waals surface area contributed by atoms with Crippen molar-refractivity contribution in [3.05, 3.63) is 52.9 Å². The zero-order valence-electron chi connectivity index (χ0n) is 16.4. The van der Waals surface area contributed by atoms with Gasteiger partial charge in [0.1, 0.15) is 0 Å². The number of anilines is 1. The van der Waals surface area contributed by atoms with Crippen LogP contribution in [0.2, 0.25) is 0 Å². The number of hydrogen-bond donors (Lipinski definition) is 0. The standard InChI is InChI=1S/C21H27F2N5/c1-2-7-26-9-11-28(12-10-26)21-24-13-17-15-27(8-6-19(17)25-21)14-16-4-3-5-18(22)20(16)23/h3-5,13H,2,6-12,14-15H2,1H3. The van der Waals surface area contributed by atoms with Gasteiger partial charge in [0.05, 0.1) is 5.69 Å². The summed E-state index contributed by atoms with van der Waals surface area (Å²) in [7, 11) is 0. The molecular weight excluding hydrogens is 360 g/mol. The van der Waals surface area contributed by atoms with E-state index < -0.39 is 11.6 Å². The van der Waals surface area contributed by atoms with Gasteiger partial charge in [-0.15, -0.1) is 0 Å². The van der Waals surface area contributed by atoms with E-state index in [4.69, 9.17) is 4.98 Å².